The predicted molar refractivity (Wildman–Crippen MR) is 49.6 cm³/mol. The van der Waals surface area contributed by atoms with Gasteiger partial charge in [0, 0.05) is 13.0 Å². The molecule has 1 rings (SSSR count). The molecule has 2 unspecified atom stereocenters. The van der Waals surface area contributed by atoms with Gasteiger partial charge in [-0.3, -0.25) is 4.79 Å². The highest BCUT2D eigenvalue weighted by atomic mass is 16.5. The van der Waals surface area contributed by atoms with Crippen LogP contribution in [0.1, 0.15) is 27.2 Å². The molecular weight excluding hydrogens is 168 g/mol. The monoisotopic (exact) mass is 186 g/mol. The van der Waals surface area contributed by atoms with E-state index in [1.807, 2.05) is 20.8 Å². The first-order valence-electron chi connectivity index (χ1n) is 4.68. The zero-order chi connectivity index (χ0) is 10.1. The number of Topliss-reactive ketones (excluding diaryl/α,β-unsaturated/α-hetero) is 1. The number of hydrogen-bond acceptors (Lipinski definition) is 3. The van der Waals surface area contributed by atoms with E-state index < -0.39 is 5.60 Å². The summed E-state index contributed by atoms with van der Waals surface area (Å²) in [6.07, 6.45) is 0.894. The summed E-state index contributed by atoms with van der Waals surface area (Å²) < 4.78 is 10.5. The number of ether oxygens (including phenoxy) is 2. The standard InChI is InChI=1S/C10H18O3/c1-7(12-4)5-8-6-13-10(2,3)9(8)11/h7-8H,5-6H2,1-4H3. The van der Waals surface area contributed by atoms with Crippen molar-refractivity contribution in [1.29, 1.82) is 0 Å². The molecule has 0 radical (unpaired) electrons. The van der Waals surface area contributed by atoms with E-state index in [4.69, 9.17) is 9.47 Å². The SMILES string of the molecule is COC(C)CC1COC(C)(C)C1=O. The van der Waals surface area contributed by atoms with Gasteiger partial charge in [-0.1, -0.05) is 0 Å². The summed E-state index contributed by atoms with van der Waals surface area (Å²) in [7, 11) is 1.66. The maximum atomic E-state index is 11.7. The molecule has 0 aromatic rings. The Kier molecular flexibility index (Phi) is 3.09. The van der Waals surface area contributed by atoms with Crippen LogP contribution in [0.3, 0.4) is 0 Å². The summed E-state index contributed by atoms with van der Waals surface area (Å²) in [5, 5.41) is 0. The molecule has 1 fully saturated rings. The second kappa shape index (κ2) is 3.76. The Labute approximate surface area is 79.4 Å². The van der Waals surface area contributed by atoms with E-state index in [1.165, 1.54) is 0 Å². The summed E-state index contributed by atoms with van der Waals surface area (Å²) >= 11 is 0. The van der Waals surface area contributed by atoms with Crippen molar-refractivity contribution in [3.05, 3.63) is 0 Å². The number of carbonyl (C=O) groups is 1. The molecule has 0 aromatic carbocycles. The molecule has 76 valence electrons. The van der Waals surface area contributed by atoms with Crippen molar-refractivity contribution in [3.8, 4) is 0 Å². The quantitative estimate of drug-likeness (QED) is 0.668. The molecule has 3 nitrogen and oxygen atoms in total. The fourth-order valence-corrected chi connectivity index (χ4v) is 1.62. The highest BCUT2D eigenvalue weighted by Crippen LogP contribution is 2.28. The Morgan fingerprint density at radius 2 is 2.31 bits per heavy atom. The lowest BCUT2D eigenvalue weighted by atomic mass is 9.92. The zero-order valence-corrected chi connectivity index (χ0v) is 8.79. The molecule has 0 amide bonds. The van der Waals surface area contributed by atoms with Crippen molar-refractivity contribution in [2.45, 2.75) is 38.9 Å². The molecule has 13 heavy (non-hydrogen) atoms. The number of carbonyl (C=O) groups excluding carboxylic acids is 1. The van der Waals surface area contributed by atoms with Crippen LogP contribution in [0.2, 0.25) is 0 Å². The molecular formula is C10H18O3. The molecule has 0 spiro atoms. The van der Waals surface area contributed by atoms with Gasteiger partial charge in [-0.05, 0) is 27.2 Å². The molecule has 0 bridgehead atoms. The van der Waals surface area contributed by atoms with Crippen molar-refractivity contribution < 1.29 is 14.3 Å². The third-order valence-electron chi connectivity index (χ3n) is 2.63. The summed E-state index contributed by atoms with van der Waals surface area (Å²) in [5.74, 6) is 0.223. The highest BCUT2D eigenvalue weighted by Gasteiger charge is 2.41. The lowest BCUT2D eigenvalue weighted by Gasteiger charge is -2.15. The molecule has 0 aromatic heterocycles. The van der Waals surface area contributed by atoms with E-state index in [9.17, 15) is 4.79 Å². The summed E-state index contributed by atoms with van der Waals surface area (Å²) in [4.78, 5) is 11.7. The van der Waals surface area contributed by atoms with E-state index in [1.54, 1.807) is 7.11 Å². The first kappa shape index (κ1) is 10.7. The van der Waals surface area contributed by atoms with Gasteiger partial charge in [-0.2, -0.15) is 0 Å². The normalized spacial score (nSPS) is 29.2. The van der Waals surface area contributed by atoms with Crippen LogP contribution in [0, 0.1) is 5.92 Å². The lowest BCUT2D eigenvalue weighted by molar-refractivity contribution is -0.130. The van der Waals surface area contributed by atoms with E-state index in [0.717, 1.165) is 6.42 Å². The summed E-state index contributed by atoms with van der Waals surface area (Å²) in [6.45, 7) is 6.16. The molecule has 1 aliphatic rings. The smallest absolute Gasteiger partial charge is 0.169 e. The van der Waals surface area contributed by atoms with Gasteiger partial charge >= 0.3 is 0 Å². The van der Waals surface area contributed by atoms with Crippen molar-refractivity contribution in [2.24, 2.45) is 5.92 Å². The van der Waals surface area contributed by atoms with Gasteiger partial charge in [0.25, 0.3) is 0 Å². The van der Waals surface area contributed by atoms with Crippen LogP contribution < -0.4 is 0 Å². The Morgan fingerprint density at radius 3 is 2.69 bits per heavy atom. The second-order valence-electron chi connectivity index (χ2n) is 4.16. The van der Waals surface area contributed by atoms with Crippen LogP contribution in [0.5, 0.6) is 0 Å². The first-order valence-corrected chi connectivity index (χ1v) is 4.68. The van der Waals surface area contributed by atoms with Crippen molar-refractivity contribution >= 4 is 5.78 Å². The number of ketones is 1. The van der Waals surface area contributed by atoms with Gasteiger partial charge in [-0.15, -0.1) is 0 Å². The predicted octanol–water partition coefficient (Wildman–Crippen LogP) is 1.41. The van der Waals surface area contributed by atoms with E-state index in [0.29, 0.717) is 6.61 Å². The van der Waals surface area contributed by atoms with Crippen LogP contribution >= 0.6 is 0 Å². The summed E-state index contributed by atoms with van der Waals surface area (Å²) in [5.41, 5.74) is -0.585. The minimum Gasteiger partial charge on any atom is -0.382 e. The molecule has 0 aliphatic carbocycles. The van der Waals surface area contributed by atoms with E-state index >= 15 is 0 Å². The second-order valence-corrected chi connectivity index (χ2v) is 4.16. The highest BCUT2D eigenvalue weighted by molar-refractivity contribution is 5.90. The maximum absolute atomic E-state index is 11.7. The summed E-state index contributed by atoms with van der Waals surface area (Å²) in [6, 6.07) is 0. The minimum absolute atomic E-state index is 0.0185. The average molecular weight is 186 g/mol. The fourth-order valence-electron chi connectivity index (χ4n) is 1.62. The van der Waals surface area contributed by atoms with Gasteiger partial charge in [0.2, 0.25) is 0 Å². The van der Waals surface area contributed by atoms with Crippen molar-refractivity contribution in [2.75, 3.05) is 13.7 Å². The van der Waals surface area contributed by atoms with Gasteiger partial charge in [0.05, 0.1) is 12.7 Å². The average Bonchev–Trinajstić information content (AvgIpc) is 2.32. The van der Waals surface area contributed by atoms with Crippen molar-refractivity contribution in [1.82, 2.24) is 0 Å². The lowest BCUT2D eigenvalue weighted by Crippen LogP contribution is -2.31. The fraction of sp³-hybridized carbons (Fsp3) is 0.900. The van der Waals surface area contributed by atoms with Gasteiger partial charge in [0.1, 0.15) is 5.60 Å². The zero-order valence-electron chi connectivity index (χ0n) is 8.79. The Hall–Kier alpha value is -0.410. The molecule has 1 aliphatic heterocycles. The maximum Gasteiger partial charge on any atom is 0.169 e. The number of rotatable bonds is 3. The molecule has 1 heterocycles. The van der Waals surface area contributed by atoms with Crippen LogP contribution in [0.15, 0.2) is 0 Å². The minimum atomic E-state index is -0.585. The van der Waals surface area contributed by atoms with Gasteiger partial charge < -0.3 is 9.47 Å². The molecule has 0 saturated carbocycles. The number of hydrogen-bond donors (Lipinski definition) is 0. The topological polar surface area (TPSA) is 35.5 Å². The van der Waals surface area contributed by atoms with E-state index in [2.05, 4.69) is 0 Å². The largest absolute Gasteiger partial charge is 0.382 e. The van der Waals surface area contributed by atoms with E-state index in [-0.39, 0.29) is 17.8 Å². The number of methoxy groups -OCH3 is 1. The van der Waals surface area contributed by atoms with Crippen LogP contribution in [0.4, 0.5) is 0 Å². The van der Waals surface area contributed by atoms with Crippen molar-refractivity contribution in [3.63, 3.8) is 0 Å². The van der Waals surface area contributed by atoms with Crippen LogP contribution in [-0.4, -0.2) is 31.2 Å². The van der Waals surface area contributed by atoms with Gasteiger partial charge in [-0.25, -0.2) is 0 Å². The molecule has 3 heteroatoms. The molecule has 0 N–H and O–H groups in total. The molecule has 2 atom stereocenters. The van der Waals surface area contributed by atoms with Gasteiger partial charge in [0.15, 0.2) is 5.78 Å². The Morgan fingerprint density at radius 1 is 1.69 bits per heavy atom. The Bertz CT molecular complexity index is 198. The van der Waals surface area contributed by atoms with Crippen LogP contribution in [-0.2, 0) is 14.3 Å². The first-order chi connectivity index (χ1) is 5.97. The van der Waals surface area contributed by atoms with Crippen LogP contribution in [0.25, 0.3) is 0 Å². The Balaban J connectivity index is 2.51. The third-order valence-corrected chi connectivity index (χ3v) is 2.63. The molecule has 1 saturated heterocycles. The third kappa shape index (κ3) is 2.29.